The number of fused-ring (bicyclic) bond motifs is 1. The van der Waals surface area contributed by atoms with Crippen LogP contribution in [0, 0.1) is 5.82 Å². The molecule has 0 saturated carbocycles. The van der Waals surface area contributed by atoms with Crippen LogP contribution >= 0.6 is 11.3 Å². The summed E-state index contributed by atoms with van der Waals surface area (Å²) in [5, 5.41) is 17.9. The van der Waals surface area contributed by atoms with Gasteiger partial charge in [-0.25, -0.2) is 9.37 Å². The third-order valence-corrected chi connectivity index (χ3v) is 11.9. The molecule has 4 aliphatic rings. The molecule has 4 aliphatic heterocycles. The highest BCUT2D eigenvalue weighted by Crippen LogP contribution is 2.38. The number of rotatable bonds is 9. The van der Waals surface area contributed by atoms with E-state index >= 15 is 0 Å². The van der Waals surface area contributed by atoms with Crippen molar-refractivity contribution in [1.82, 2.24) is 25.0 Å². The zero-order valence-corrected chi connectivity index (χ0v) is 30.6. The zero-order valence-electron chi connectivity index (χ0n) is 29.7. The summed E-state index contributed by atoms with van der Waals surface area (Å²) >= 11 is 1.22. The molecular formula is C40H42FN7O5S. The Morgan fingerprint density at radius 2 is 1.74 bits per heavy atom. The fraction of sp³-hybridized carbons (Fsp3) is 0.375. The van der Waals surface area contributed by atoms with Crippen LogP contribution in [-0.2, 0) is 27.5 Å². The topological polar surface area (TPSA) is 138 Å². The number of hydrogen-bond acceptors (Lipinski definition) is 10. The highest BCUT2D eigenvalue weighted by atomic mass is 32.1. The van der Waals surface area contributed by atoms with Gasteiger partial charge in [0.05, 0.1) is 5.92 Å². The van der Waals surface area contributed by atoms with Gasteiger partial charge in [-0.15, -0.1) is 11.3 Å². The summed E-state index contributed by atoms with van der Waals surface area (Å²) in [7, 11) is 0. The van der Waals surface area contributed by atoms with Crippen molar-refractivity contribution in [3.05, 3.63) is 106 Å². The van der Waals surface area contributed by atoms with Crippen molar-refractivity contribution >= 4 is 45.8 Å². The second-order valence-corrected chi connectivity index (χ2v) is 15.4. The molecule has 0 spiro atoms. The predicted octanol–water partition coefficient (Wildman–Crippen LogP) is 4.63. The van der Waals surface area contributed by atoms with Gasteiger partial charge < -0.3 is 14.9 Å². The fourth-order valence-electron chi connectivity index (χ4n) is 8.27. The lowest BCUT2D eigenvalue weighted by Gasteiger charge is -2.43. The number of piperazine rings is 1. The number of piperidine rings is 2. The number of aromatic nitrogens is 1. The van der Waals surface area contributed by atoms with E-state index in [0.29, 0.717) is 29.6 Å². The van der Waals surface area contributed by atoms with E-state index in [9.17, 15) is 28.7 Å². The van der Waals surface area contributed by atoms with Gasteiger partial charge in [-0.05, 0) is 66.3 Å². The Balaban J connectivity index is 0.858. The molecule has 280 valence electrons. The number of thiazole rings is 1. The summed E-state index contributed by atoms with van der Waals surface area (Å²) in [4.78, 5) is 64.2. The fourth-order valence-corrected chi connectivity index (χ4v) is 8.80. The van der Waals surface area contributed by atoms with Crippen LogP contribution in [0.3, 0.4) is 0 Å². The maximum Gasteiger partial charge on any atom is 0.255 e. The first kappa shape index (κ1) is 35.8. The first-order valence-electron chi connectivity index (χ1n) is 18.5. The second-order valence-electron chi connectivity index (χ2n) is 14.5. The molecule has 8 rings (SSSR count). The van der Waals surface area contributed by atoms with Crippen LogP contribution in [0.4, 0.5) is 15.2 Å². The molecule has 0 aliphatic carbocycles. The number of anilines is 2. The average Bonchev–Trinajstić information content (AvgIpc) is 3.81. The molecular weight excluding hydrogens is 710 g/mol. The Morgan fingerprint density at radius 3 is 2.46 bits per heavy atom. The maximum atomic E-state index is 14.4. The van der Waals surface area contributed by atoms with Gasteiger partial charge in [0, 0.05) is 93.2 Å². The minimum absolute atomic E-state index is 0.00836. The molecule has 3 N–H and O–H groups in total. The highest BCUT2D eigenvalue weighted by Gasteiger charge is 2.40. The monoisotopic (exact) mass is 751 g/mol. The van der Waals surface area contributed by atoms with Crippen molar-refractivity contribution < 1.29 is 28.7 Å². The Morgan fingerprint density at radius 1 is 0.963 bits per heavy atom. The van der Waals surface area contributed by atoms with Gasteiger partial charge in [0.1, 0.15) is 17.6 Å². The first-order valence-corrected chi connectivity index (χ1v) is 19.3. The number of nitrogens with zero attached hydrogens (tertiary/aromatic N) is 5. The zero-order chi connectivity index (χ0) is 37.3. The maximum absolute atomic E-state index is 14.4. The SMILES string of the molecule is O=C1CCC(c2ccc(CN3CCN(C4CCN(c5ccc6c(c5)C(=O)N(C(C(=O)Nc5nccs5)c5cc(F)ccc5O)C6)CC4)CC3)cc2)C(=O)N1. The van der Waals surface area contributed by atoms with Gasteiger partial charge in [0.15, 0.2) is 5.13 Å². The third kappa shape index (κ3) is 7.46. The average molecular weight is 752 g/mol. The van der Waals surface area contributed by atoms with Crippen LogP contribution in [0.5, 0.6) is 5.75 Å². The number of halogens is 1. The molecule has 1 aromatic heterocycles. The van der Waals surface area contributed by atoms with Crippen LogP contribution in [-0.4, -0.2) is 93.7 Å². The van der Waals surface area contributed by atoms with Gasteiger partial charge in [0.25, 0.3) is 11.8 Å². The normalized spacial score (nSPS) is 20.5. The molecule has 3 saturated heterocycles. The van der Waals surface area contributed by atoms with Crippen molar-refractivity contribution in [3.8, 4) is 5.75 Å². The number of phenols is 1. The molecule has 54 heavy (non-hydrogen) atoms. The van der Waals surface area contributed by atoms with E-state index in [0.717, 1.165) is 87.6 Å². The highest BCUT2D eigenvalue weighted by molar-refractivity contribution is 7.13. The van der Waals surface area contributed by atoms with Crippen LogP contribution in [0.25, 0.3) is 0 Å². The summed E-state index contributed by atoms with van der Waals surface area (Å²) in [6, 6.07) is 16.7. The van der Waals surface area contributed by atoms with Crippen molar-refractivity contribution in [3.63, 3.8) is 0 Å². The Labute approximate surface area is 316 Å². The van der Waals surface area contributed by atoms with E-state index in [1.54, 1.807) is 11.6 Å². The smallest absolute Gasteiger partial charge is 0.255 e. The van der Waals surface area contributed by atoms with Crippen molar-refractivity contribution in [2.75, 3.05) is 49.5 Å². The van der Waals surface area contributed by atoms with E-state index in [4.69, 9.17) is 0 Å². The van der Waals surface area contributed by atoms with E-state index in [-0.39, 0.29) is 41.5 Å². The summed E-state index contributed by atoms with van der Waals surface area (Å²) in [6.45, 7) is 6.68. The van der Waals surface area contributed by atoms with Crippen LogP contribution < -0.4 is 15.5 Å². The number of hydrogen-bond donors (Lipinski definition) is 3. The van der Waals surface area contributed by atoms with E-state index < -0.39 is 17.8 Å². The van der Waals surface area contributed by atoms with Gasteiger partial charge in [0.2, 0.25) is 11.8 Å². The Hall–Kier alpha value is -5.18. The number of imide groups is 1. The van der Waals surface area contributed by atoms with Gasteiger partial charge >= 0.3 is 0 Å². The second kappa shape index (κ2) is 15.3. The molecule has 5 heterocycles. The van der Waals surface area contributed by atoms with E-state index in [1.165, 1.54) is 27.9 Å². The lowest BCUT2D eigenvalue weighted by atomic mass is 9.90. The molecule has 4 amide bonds. The molecule has 3 fully saturated rings. The molecule has 2 atom stereocenters. The molecule has 12 nitrogen and oxygen atoms in total. The molecule has 2 unspecified atom stereocenters. The number of aromatic hydroxyl groups is 1. The molecule has 0 radical (unpaired) electrons. The third-order valence-electron chi connectivity index (χ3n) is 11.2. The summed E-state index contributed by atoms with van der Waals surface area (Å²) < 4.78 is 14.4. The number of nitrogens with one attached hydrogen (secondary N) is 2. The van der Waals surface area contributed by atoms with Crippen LogP contribution in [0.2, 0.25) is 0 Å². The molecule has 0 bridgehead atoms. The lowest BCUT2D eigenvalue weighted by Crippen LogP contribution is -2.53. The largest absolute Gasteiger partial charge is 0.508 e. The number of carbonyl (C=O) groups excluding carboxylic acids is 4. The minimum Gasteiger partial charge on any atom is -0.508 e. The molecule has 3 aromatic carbocycles. The van der Waals surface area contributed by atoms with Crippen molar-refractivity contribution in [1.29, 1.82) is 0 Å². The number of amides is 4. The van der Waals surface area contributed by atoms with Gasteiger partial charge in [-0.3, -0.25) is 39.6 Å². The minimum atomic E-state index is -1.27. The van der Waals surface area contributed by atoms with Crippen LogP contribution in [0.15, 0.2) is 72.2 Å². The number of carbonyl (C=O) groups is 4. The summed E-state index contributed by atoms with van der Waals surface area (Å²) in [5.74, 6) is -2.51. The van der Waals surface area contributed by atoms with E-state index in [1.807, 2.05) is 30.3 Å². The van der Waals surface area contributed by atoms with E-state index in [2.05, 4.69) is 42.5 Å². The number of benzene rings is 3. The summed E-state index contributed by atoms with van der Waals surface area (Å²) in [5.41, 5.74) is 4.40. The number of phenolic OH excluding ortho intramolecular Hbond substituents is 1. The van der Waals surface area contributed by atoms with Crippen molar-refractivity contribution in [2.24, 2.45) is 0 Å². The molecule has 4 aromatic rings. The van der Waals surface area contributed by atoms with Crippen molar-refractivity contribution in [2.45, 2.75) is 56.8 Å². The summed E-state index contributed by atoms with van der Waals surface area (Å²) in [6.07, 6.45) is 4.50. The Bertz CT molecular complexity index is 2050. The Kier molecular flexibility index (Phi) is 10.1. The first-order chi connectivity index (χ1) is 26.2. The standard InChI is InChI=1S/C40H42FN7O5S/c41-28-6-9-34(49)33(21-28)36(38(52)44-40-42-13-20-54-40)48-24-27-5-7-30(22-32(27)39(48)53)46-14-11-29(12-15-46)47-18-16-45(17-19-47)23-25-1-3-26(4-2-25)31-8-10-35(50)43-37(31)51/h1-7,9,13,20-22,29,31,36,49H,8,10-12,14-19,23-24H2,(H,42,44,52)(H,43,50,51). The van der Waals surface area contributed by atoms with Gasteiger partial charge in [-0.2, -0.15) is 0 Å². The lowest BCUT2D eigenvalue weighted by molar-refractivity contribution is -0.134. The van der Waals surface area contributed by atoms with Crippen LogP contribution in [0.1, 0.15) is 70.3 Å². The predicted molar refractivity (Wildman–Crippen MR) is 202 cm³/mol. The van der Waals surface area contributed by atoms with Gasteiger partial charge in [-0.1, -0.05) is 30.3 Å². The quantitative estimate of drug-likeness (QED) is 0.209. The molecule has 14 heteroatoms.